The minimum Gasteiger partial charge on any atom is -0.384 e. The molecule has 4 heteroatoms. The molecule has 0 bridgehead atoms. The van der Waals surface area contributed by atoms with Crippen LogP contribution >= 0.6 is 0 Å². The number of nitrogens with one attached hydrogen (secondary N) is 2. The summed E-state index contributed by atoms with van der Waals surface area (Å²) in [5.74, 6) is 0. The minimum atomic E-state index is 0.638. The number of rotatable bonds is 8. The van der Waals surface area contributed by atoms with Crippen LogP contribution < -0.4 is 5.32 Å². The van der Waals surface area contributed by atoms with Gasteiger partial charge in [-0.25, -0.2) is 0 Å². The topological polar surface area (TPSA) is 48.1 Å². The molecule has 106 valence electrons. The molecule has 1 rings (SSSR count). The summed E-state index contributed by atoms with van der Waals surface area (Å²) in [6.07, 6.45) is 0.856. The van der Waals surface area contributed by atoms with Crippen molar-refractivity contribution in [3.63, 3.8) is 0 Å². The third-order valence-corrected chi connectivity index (χ3v) is 3.56. The molecule has 0 aliphatic rings. The average Bonchev–Trinajstić information content (AvgIpc) is 2.69. The molecule has 1 aromatic rings. The summed E-state index contributed by atoms with van der Waals surface area (Å²) in [5.41, 5.74) is 4.50. The Balaban J connectivity index is 2.64. The van der Waals surface area contributed by atoms with Gasteiger partial charge in [0.15, 0.2) is 6.29 Å². The van der Waals surface area contributed by atoms with Crippen molar-refractivity contribution in [1.29, 1.82) is 0 Å². The first-order valence-corrected chi connectivity index (χ1v) is 6.84. The first-order chi connectivity index (χ1) is 9.04. The van der Waals surface area contributed by atoms with Crippen LogP contribution in [0.2, 0.25) is 0 Å². The Morgan fingerprint density at radius 1 is 1.37 bits per heavy atom. The molecular weight excluding hydrogens is 238 g/mol. The van der Waals surface area contributed by atoms with Gasteiger partial charge in [0.1, 0.15) is 0 Å². The SMILES string of the molecule is C=C(NCCN(CC)CC)c1c(C)[nH]c(C=O)c1C. The fraction of sp³-hybridized carbons (Fsp3) is 0.533. The van der Waals surface area contributed by atoms with Crippen LogP contribution in [0.5, 0.6) is 0 Å². The van der Waals surface area contributed by atoms with Crippen molar-refractivity contribution in [2.75, 3.05) is 26.2 Å². The van der Waals surface area contributed by atoms with Crippen molar-refractivity contribution < 1.29 is 4.79 Å². The maximum atomic E-state index is 10.9. The van der Waals surface area contributed by atoms with E-state index in [1.54, 1.807) is 0 Å². The molecule has 0 spiro atoms. The quantitative estimate of drug-likeness (QED) is 0.708. The van der Waals surface area contributed by atoms with Gasteiger partial charge in [0, 0.05) is 30.0 Å². The standard InChI is InChI=1S/C15H25N3O/c1-6-18(7-2)9-8-16-12(4)15-11(3)14(10-19)17-13(15)5/h10,16-17H,4,6-9H2,1-3,5H3. The van der Waals surface area contributed by atoms with E-state index in [0.717, 1.165) is 55.0 Å². The van der Waals surface area contributed by atoms with Crippen molar-refractivity contribution in [2.45, 2.75) is 27.7 Å². The molecule has 4 nitrogen and oxygen atoms in total. The van der Waals surface area contributed by atoms with Crippen LogP contribution in [-0.4, -0.2) is 42.3 Å². The van der Waals surface area contributed by atoms with Gasteiger partial charge in [-0.15, -0.1) is 0 Å². The highest BCUT2D eigenvalue weighted by molar-refractivity contribution is 5.80. The molecule has 0 aliphatic heterocycles. The van der Waals surface area contributed by atoms with Crippen molar-refractivity contribution in [2.24, 2.45) is 0 Å². The van der Waals surface area contributed by atoms with Crippen LogP contribution in [0, 0.1) is 13.8 Å². The highest BCUT2D eigenvalue weighted by atomic mass is 16.1. The second kappa shape index (κ2) is 7.14. The Hall–Kier alpha value is -1.55. The summed E-state index contributed by atoms with van der Waals surface area (Å²) >= 11 is 0. The Morgan fingerprint density at radius 3 is 2.47 bits per heavy atom. The summed E-state index contributed by atoms with van der Waals surface area (Å²) in [6.45, 7) is 16.3. The van der Waals surface area contributed by atoms with E-state index in [0.29, 0.717) is 5.69 Å². The minimum absolute atomic E-state index is 0.638. The number of likely N-dealkylation sites (N-methyl/N-ethyl adjacent to an activating group) is 1. The van der Waals surface area contributed by atoms with Gasteiger partial charge in [-0.1, -0.05) is 20.4 Å². The Morgan fingerprint density at radius 2 is 2.00 bits per heavy atom. The zero-order valence-electron chi connectivity index (χ0n) is 12.5. The number of carbonyl (C=O) groups excluding carboxylic acids is 1. The van der Waals surface area contributed by atoms with Crippen LogP contribution in [0.15, 0.2) is 6.58 Å². The molecule has 19 heavy (non-hydrogen) atoms. The molecule has 0 radical (unpaired) electrons. The second-order valence-corrected chi connectivity index (χ2v) is 4.71. The number of aldehydes is 1. The van der Waals surface area contributed by atoms with Gasteiger partial charge in [0.05, 0.1) is 5.69 Å². The maximum Gasteiger partial charge on any atom is 0.166 e. The Bertz CT molecular complexity index is 444. The van der Waals surface area contributed by atoms with E-state index in [-0.39, 0.29) is 0 Å². The lowest BCUT2D eigenvalue weighted by Gasteiger charge is -2.19. The van der Waals surface area contributed by atoms with Crippen molar-refractivity contribution in [3.05, 3.63) is 29.1 Å². The first-order valence-electron chi connectivity index (χ1n) is 6.84. The monoisotopic (exact) mass is 263 g/mol. The molecule has 0 unspecified atom stereocenters. The van der Waals surface area contributed by atoms with E-state index in [1.807, 2.05) is 13.8 Å². The third-order valence-electron chi connectivity index (χ3n) is 3.56. The molecule has 2 N–H and O–H groups in total. The van der Waals surface area contributed by atoms with E-state index in [2.05, 4.69) is 35.6 Å². The van der Waals surface area contributed by atoms with Crippen molar-refractivity contribution in [3.8, 4) is 0 Å². The zero-order valence-corrected chi connectivity index (χ0v) is 12.5. The summed E-state index contributed by atoms with van der Waals surface area (Å²) in [7, 11) is 0. The van der Waals surface area contributed by atoms with Gasteiger partial charge in [0.2, 0.25) is 0 Å². The first kappa shape index (κ1) is 15.5. The van der Waals surface area contributed by atoms with Crippen molar-refractivity contribution >= 4 is 12.0 Å². The fourth-order valence-corrected chi connectivity index (χ4v) is 2.34. The lowest BCUT2D eigenvalue weighted by atomic mass is 10.1. The molecule has 0 fully saturated rings. The van der Waals surface area contributed by atoms with Crippen LogP contribution in [0.1, 0.15) is 41.2 Å². The number of nitrogens with zero attached hydrogens (tertiary/aromatic N) is 1. The number of H-pyrrole nitrogens is 1. The van der Waals surface area contributed by atoms with Crippen LogP contribution in [0.3, 0.4) is 0 Å². The smallest absolute Gasteiger partial charge is 0.166 e. The Kier molecular flexibility index (Phi) is 5.83. The van der Waals surface area contributed by atoms with Gasteiger partial charge < -0.3 is 15.2 Å². The van der Waals surface area contributed by atoms with Crippen LogP contribution in [0.4, 0.5) is 0 Å². The molecule has 0 aromatic carbocycles. The van der Waals surface area contributed by atoms with Gasteiger partial charge in [-0.3, -0.25) is 4.79 Å². The zero-order chi connectivity index (χ0) is 14.4. The molecule has 0 aliphatic carbocycles. The lowest BCUT2D eigenvalue weighted by Crippen LogP contribution is -2.31. The van der Waals surface area contributed by atoms with Gasteiger partial charge >= 0.3 is 0 Å². The predicted molar refractivity (Wildman–Crippen MR) is 80.5 cm³/mol. The summed E-state index contributed by atoms with van der Waals surface area (Å²) in [6, 6.07) is 0. The third kappa shape index (κ3) is 3.70. The molecule has 1 heterocycles. The molecule has 0 atom stereocenters. The molecular formula is C15H25N3O. The number of hydrogen-bond donors (Lipinski definition) is 2. The van der Waals surface area contributed by atoms with E-state index >= 15 is 0 Å². The number of carbonyl (C=O) groups is 1. The van der Waals surface area contributed by atoms with Gasteiger partial charge in [-0.2, -0.15) is 0 Å². The molecule has 0 saturated carbocycles. The van der Waals surface area contributed by atoms with Crippen LogP contribution in [-0.2, 0) is 0 Å². The van der Waals surface area contributed by atoms with Crippen molar-refractivity contribution in [1.82, 2.24) is 15.2 Å². The predicted octanol–water partition coefficient (Wildman–Crippen LogP) is 2.35. The van der Waals surface area contributed by atoms with E-state index in [4.69, 9.17) is 0 Å². The largest absolute Gasteiger partial charge is 0.384 e. The summed E-state index contributed by atoms with van der Waals surface area (Å²) in [4.78, 5) is 16.3. The highest BCUT2D eigenvalue weighted by Crippen LogP contribution is 2.21. The van der Waals surface area contributed by atoms with Gasteiger partial charge in [0.25, 0.3) is 0 Å². The maximum absolute atomic E-state index is 10.9. The van der Waals surface area contributed by atoms with Gasteiger partial charge in [-0.05, 0) is 32.5 Å². The normalized spacial score (nSPS) is 10.8. The summed E-state index contributed by atoms with van der Waals surface area (Å²) < 4.78 is 0. The molecule has 0 saturated heterocycles. The highest BCUT2D eigenvalue weighted by Gasteiger charge is 2.13. The number of aromatic amines is 1. The van der Waals surface area contributed by atoms with E-state index in [1.165, 1.54) is 0 Å². The van der Waals surface area contributed by atoms with E-state index in [9.17, 15) is 4.79 Å². The van der Waals surface area contributed by atoms with E-state index < -0.39 is 0 Å². The molecule has 1 aromatic heterocycles. The fourth-order valence-electron chi connectivity index (χ4n) is 2.34. The average molecular weight is 263 g/mol. The Labute approximate surface area is 115 Å². The number of aryl methyl sites for hydroxylation is 1. The molecule has 0 amide bonds. The lowest BCUT2D eigenvalue weighted by molar-refractivity contribution is 0.111. The second-order valence-electron chi connectivity index (χ2n) is 4.71. The number of hydrogen-bond acceptors (Lipinski definition) is 3. The number of aromatic nitrogens is 1. The summed E-state index contributed by atoms with van der Waals surface area (Å²) in [5, 5.41) is 3.35. The van der Waals surface area contributed by atoms with Crippen LogP contribution in [0.25, 0.3) is 5.70 Å².